The molecule has 1 atom stereocenters. The average molecular weight is 447 g/mol. The number of aromatic nitrogens is 1. The van der Waals surface area contributed by atoms with Crippen LogP contribution in [0.4, 0.5) is 0 Å². The lowest BCUT2D eigenvalue weighted by molar-refractivity contribution is -0.141. The van der Waals surface area contributed by atoms with Gasteiger partial charge in [0.2, 0.25) is 5.91 Å². The molecule has 3 fully saturated rings. The molecule has 3 aliphatic heterocycles. The van der Waals surface area contributed by atoms with Crippen LogP contribution in [0, 0.1) is 24.7 Å². The molecule has 174 valence electrons. The van der Waals surface area contributed by atoms with E-state index < -0.39 is 0 Å². The van der Waals surface area contributed by atoms with Crippen LogP contribution in [0.25, 0.3) is 0 Å². The van der Waals surface area contributed by atoms with Gasteiger partial charge >= 0.3 is 0 Å². The van der Waals surface area contributed by atoms with E-state index in [4.69, 9.17) is 0 Å². The highest BCUT2D eigenvalue weighted by Crippen LogP contribution is 2.57. The molecule has 6 heteroatoms. The van der Waals surface area contributed by atoms with Gasteiger partial charge in [0.25, 0.3) is 5.91 Å². The summed E-state index contributed by atoms with van der Waals surface area (Å²) < 4.78 is 0. The molecular formula is C27H34N4O2. The van der Waals surface area contributed by atoms with Crippen LogP contribution in [0.1, 0.15) is 46.3 Å². The topological polar surface area (TPSA) is 56.8 Å². The second-order valence-electron chi connectivity index (χ2n) is 10.5. The number of aryl methyl sites for hydroxylation is 2. The van der Waals surface area contributed by atoms with E-state index in [1.54, 1.807) is 6.20 Å². The van der Waals surface area contributed by atoms with E-state index in [9.17, 15) is 9.59 Å². The molecule has 6 nitrogen and oxygen atoms in total. The third-order valence-electron chi connectivity index (χ3n) is 8.27. The zero-order valence-corrected chi connectivity index (χ0v) is 20.0. The van der Waals surface area contributed by atoms with Gasteiger partial charge in [0.05, 0.1) is 5.41 Å². The standard InChI is InChI=1S/C27H34N4O2/c1-20-13-21(2)15-23(14-20)24(32)31-11-6-26(7-12-31)18-30(17-22-5-4-9-28-16-22)19-27(26)8-10-29(3)25(27)33/h4-5,9,13-16H,6-8,10-12,17-19H2,1-3H3/t27-/m0/s1. The van der Waals surface area contributed by atoms with Crippen molar-refractivity contribution in [1.82, 2.24) is 19.7 Å². The first-order chi connectivity index (χ1) is 15.8. The van der Waals surface area contributed by atoms with E-state index in [0.29, 0.717) is 19.0 Å². The van der Waals surface area contributed by atoms with Gasteiger partial charge < -0.3 is 9.80 Å². The molecule has 33 heavy (non-hydrogen) atoms. The molecule has 0 N–H and O–H groups in total. The van der Waals surface area contributed by atoms with Gasteiger partial charge in [-0.2, -0.15) is 0 Å². The van der Waals surface area contributed by atoms with Crippen molar-refractivity contribution < 1.29 is 9.59 Å². The Morgan fingerprint density at radius 2 is 1.76 bits per heavy atom. The van der Waals surface area contributed by atoms with Crippen molar-refractivity contribution in [2.45, 2.75) is 39.7 Å². The Bertz CT molecular complexity index is 1040. The lowest BCUT2D eigenvalue weighted by Crippen LogP contribution is -2.53. The lowest BCUT2D eigenvalue weighted by Gasteiger charge is -2.47. The van der Waals surface area contributed by atoms with Gasteiger partial charge in [-0.05, 0) is 56.9 Å². The Balaban J connectivity index is 1.37. The number of nitrogens with zero attached hydrogens (tertiary/aromatic N) is 4. The van der Waals surface area contributed by atoms with Crippen LogP contribution >= 0.6 is 0 Å². The Kier molecular flexibility index (Phi) is 5.52. The maximum atomic E-state index is 13.5. The van der Waals surface area contributed by atoms with Gasteiger partial charge in [-0.15, -0.1) is 0 Å². The quantitative estimate of drug-likeness (QED) is 0.726. The van der Waals surface area contributed by atoms with Gasteiger partial charge in [-0.3, -0.25) is 19.5 Å². The molecular weight excluding hydrogens is 412 g/mol. The summed E-state index contributed by atoms with van der Waals surface area (Å²) in [6.45, 7) is 8.86. The molecule has 3 saturated heterocycles. The van der Waals surface area contributed by atoms with Crippen LogP contribution in [0.3, 0.4) is 0 Å². The first-order valence-corrected chi connectivity index (χ1v) is 12.1. The summed E-state index contributed by atoms with van der Waals surface area (Å²) in [7, 11) is 1.94. The van der Waals surface area contributed by atoms with Gasteiger partial charge in [0.1, 0.15) is 0 Å². The second-order valence-corrected chi connectivity index (χ2v) is 10.5. The number of hydrogen-bond donors (Lipinski definition) is 0. The maximum absolute atomic E-state index is 13.5. The number of hydrogen-bond acceptors (Lipinski definition) is 4. The van der Waals surface area contributed by atoms with Crippen molar-refractivity contribution in [3.8, 4) is 0 Å². The summed E-state index contributed by atoms with van der Waals surface area (Å²) in [5, 5.41) is 0. The third kappa shape index (κ3) is 3.74. The second kappa shape index (κ2) is 8.24. The van der Waals surface area contributed by atoms with E-state index in [1.165, 1.54) is 5.56 Å². The van der Waals surface area contributed by atoms with Crippen molar-refractivity contribution in [2.24, 2.45) is 10.8 Å². The molecule has 0 aliphatic carbocycles. The zero-order valence-electron chi connectivity index (χ0n) is 20.0. The summed E-state index contributed by atoms with van der Waals surface area (Å²) in [4.78, 5) is 37.4. The Hall–Kier alpha value is -2.73. The van der Waals surface area contributed by atoms with Crippen LogP contribution in [0.15, 0.2) is 42.7 Å². The third-order valence-corrected chi connectivity index (χ3v) is 8.27. The van der Waals surface area contributed by atoms with E-state index >= 15 is 0 Å². The lowest BCUT2D eigenvalue weighted by atomic mass is 9.60. The minimum atomic E-state index is -0.334. The maximum Gasteiger partial charge on any atom is 0.253 e. The van der Waals surface area contributed by atoms with E-state index in [-0.39, 0.29) is 16.7 Å². The van der Waals surface area contributed by atoms with Crippen molar-refractivity contribution in [2.75, 3.05) is 39.8 Å². The van der Waals surface area contributed by atoms with E-state index in [1.807, 2.05) is 55.1 Å². The molecule has 3 aliphatic rings. The van der Waals surface area contributed by atoms with Crippen molar-refractivity contribution in [3.63, 3.8) is 0 Å². The minimum absolute atomic E-state index is 0.0731. The molecule has 1 aromatic heterocycles. The predicted octanol–water partition coefficient (Wildman–Crippen LogP) is 3.29. The van der Waals surface area contributed by atoms with Crippen LogP contribution < -0.4 is 0 Å². The van der Waals surface area contributed by atoms with E-state index in [0.717, 1.165) is 62.1 Å². The van der Waals surface area contributed by atoms with Crippen LogP contribution in [0.5, 0.6) is 0 Å². The smallest absolute Gasteiger partial charge is 0.253 e. The Labute approximate surface area is 196 Å². The van der Waals surface area contributed by atoms with Crippen LogP contribution in [0.2, 0.25) is 0 Å². The molecule has 5 rings (SSSR count). The fourth-order valence-electron chi connectivity index (χ4n) is 6.67. The highest BCUT2D eigenvalue weighted by atomic mass is 16.2. The highest BCUT2D eigenvalue weighted by Gasteiger charge is 2.64. The average Bonchev–Trinajstić information content (AvgIpc) is 3.25. The number of rotatable bonds is 3. The van der Waals surface area contributed by atoms with Gasteiger partial charge in [0, 0.05) is 69.7 Å². The molecule has 4 heterocycles. The summed E-state index contributed by atoms with van der Waals surface area (Å²) >= 11 is 0. The van der Waals surface area contributed by atoms with E-state index in [2.05, 4.69) is 22.0 Å². The molecule has 2 spiro atoms. The monoisotopic (exact) mass is 446 g/mol. The number of pyridine rings is 1. The van der Waals surface area contributed by atoms with Crippen molar-refractivity contribution in [1.29, 1.82) is 0 Å². The molecule has 0 bridgehead atoms. The first-order valence-electron chi connectivity index (χ1n) is 12.1. The summed E-state index contributed by atoms with van der Waals surface area (Å²) in [6, 6.07) is 10.2. The van der Waals surface area contributed by atoms with Gasteiger partial charge in [-0.25, -0.2) is 0 Å². The molecule has 0 saturated carbocycles. The van der Waals surface area contributed by atoms with Gasteiger partial charge in [0.15, 0.2) is 0 Å². The molecule has 2 amide bonds. The number of carbonyl (C=O) groups excluding carboxylic acids is 2. The van der Waals surface area contributed by atoms with Crippen molar-refractivity contribution >= 4 is 11.8 Å². The number of carbonyl (C=O) groups is 2. The fourth-order valence-corrected chi connectivity index (χ4v) is 6.67. The highest BCUT2D eigenvalue weighted by molar-refractivity contribution is 5.94. The first kappa shape index (κ1) is 22.1. The summed E-state index contributed by atoms with van der Waals surface area (Å²) in [5.41, 5.74) is 3.79. The number of piperidine rings is 1. The predicted molar refractivity (Wildman–Crippen MR) is 128 cm³/mol. The fraction of sp³-hybridized carbons (Fsp3) is 0.519. The number of amides is 2. The Morgan fingerprint density at radius 3 is 2.36 bits per heavy atom. The zero-order chi connectivity index (χ0) is 23.2. The molecule has 0 unspecified atom stereocenters. The van der Waals surface area contributed by atoms with Crippen LogP contribution in [-0.2, 0) is 11.3 Å². The summed E-state index contributed by atoms with van der Waals surface area (Å²) in [5.74, 6) is 0.413. The SMILES string of the molecule is Cc1cc(C)cc(C(=O)N2CCC3(CC2)CN(Cc2cccnc2)C[C@]32CCN(C)C2=O)c1. The normalized spacial score (nSPS) is 24.9. The number of benzene rings is 1. The number of fused-ring (bicyclic) bond motifs is 1. The minimum Gasteiger partial charge on any atom is -0.345 e. The van der Waals surface area contributed by atoms with Crippen LogP contribution in [-0.4, -0.2) is 71.3 Å². The molecule has 0 radical (unpaired) electrons. The largest absolute Gasteiger partial charge is 0.345 e. The summed E-state index contributed by atoms with van der Waals surface area (Å²) in [6.07, 6.45) is 6.40. The number of likely N-dealkylation sites (tertiary alicyclic amines) is 3. The van der Waals surface area contributed by atoms with Crippen molar-refractivity contribution in [3.05, 3.63) is 65.0 Å². The Morgan fingerprint density at radius 1 is 1.03 bits per heavy atom. The molecule has 2 aromatic rings. The molecule has 1 aromatic carbocycles. The van der Waals surface area contributed by atoms with Gasteiger partial charge in [-0.1, -0.05) is 23.3 Å².